The molecule has 0 spiro atoms. The second kappa shape index (κ2) is 7.83. The molecular weight excluding hydrogens is 322 g/mol. The largest absolute Gasteiger partial charge is 0.338 e. The highest BCUT2D eigenvalue weighted by Crippen LogP contribution is 2.18. The molecule has 1 heterocycles. The fraction of sp³-hybridized carbons (Fsp3) is 0.364. The first-order valence-corrected chi connectivity index (χ1v) is 9.45. The van der Waals surface area contributed by atoms with E-state index in [2.05, 4.69) is 45.1 Å². The predicted molar refractivity (Wildman–Crippen MR) is 107 cm³/mol. The van der Waals surface area contributed by atoms with E-state index in [1.807, 2.05) is 30.3 Å². The Labute approximate surface area is 154 Å². The highest BCUT2D eigenvalue weighted by molar-refractivity contribution is 5.77. The van der Waals surface area contributed by atoms with E-state index < -0.39 is 0 Å². The Morgan fingerprint density at radius 2 is 1.88 bits per heavy atom. The molecule has 1 atom stereocenters. The molecular formula is C22H28N3O+. The van der Waals surface area contributed by atoms with Gasteiger partial charge in [-0.05, 0) is 62.6 Å². The van der Waals surface area contributed by atoms with Crippen LogP contribution in [0.25, 0.3) is 16.6 Å². The van der Waals surface area contributed by atoms with E-state index in [0.29, 0.717) is 5.39 Å². The van der Waals surface area contributed by atoms with Crippen molar-refractivity contribution >= 4 is 10.9 Å². The van der Waals surface area contributed by atoms with Gasteiger partial charge in [0.1, 0.15) is 6.04 Å². The number of rotatable bonds is 6. The number of para-hydroxylation sites is 1. The molecule has 0 saturated heterocycles. The van der Waals surface area contributed by atoms with Crippen molar-refractivity contribution < 1.29 is 5.32 Å². The van der Waals surface area contributed by atoms with Gasteiger partial charge >= 0.3 is 0 Å². The van der Waals surface area contributed by atoms with Crippen molar-refractivity contribution in [3.8, 4) is 5.69 Å². The lowest BCUT2D eigenvalue weighted by Crippen LogP contribution is -2.85. The molecule has 26 heavy (non-hydrogen) atoms. The second-order valence-electron chi connectivity index (χ2n) is 7.06. The SMILES string of the molecule is CCCC[NH2+][C@@H](C)c1nc2ccccc2c(=O)n1-c1ccc(C)c(C)c1. The van der Waals surface area contributed by atoms with Crippen LogP contribution >= 0.6 is 0 Å². The van der Waals surface area contributed by atoms with Crippen LogP contribution in [0.4, 0.5) is 0 Å². The Kier molecular flexibility index (Phi) is 5.52. The summed E-state index contributed by atoms with van der Waals surface area (Å²) in [4.78, 5) is 18.2. The molecule has 0 radical (unpaired) electrons. The third kappa shape index (κ3) is 3.56. The maximum absolute atomic E-state index is 13.3. The lowest BCUT2D eigenvalue weighted by atomic mass is 10.1. The van der Waals surface area contributed by atoms with E-state index in [0.717, 1.165) is 30.0 Å². The first-order chi connectivity index (χ1) is 12.5. The number of aryl methyl sites for hydroxylation is 2. The summed E-state index contributed by atoms with van der Waals surface area (Å²) in [6, 6.07) is 13.9. The molecule has 4 nitrogen and oxygen atoms in total. The normalized spacial score (nSPS) is 12.5. The van der Waals surface area contributed by atoms with Gasteiger partial charge in [0.15, 0.2) is 5.82 Å². The van der Waals surface area contributed by atoms with Gasteiger partial charge in [-0.2, -0.15) is 0 Å². The predicted octanol–water partition coefficient (Wildman–Crippen LogP) is 3.43. The van der Waals surface area contributed by atoms with Gasteiger partial charge < -0.3 is 5.32 Å². The van der Waals surface area contributed by atoms with E-state index in [9.17, 15) is 4.79 Å². The van der Waals surface area contributed by atoms with Crippen LogP contribution in [0, 0.1) is 13.8 Å². The third-order valence-corrected chi connectivity index (χ3v) is 5.04. The van der Waals surface area contributed by atoms with Crippen molar-refractivity contribution in [2.45, 2.75) is 46.6 Å². The molecule has 0 aliphatic heterocycles. The zero-order valence-corrected chi connectivity index (χ0v) is 16.1. The molecule has 0 bridgehead atoms. The highest BCUT2D eigenvalue weighted by atomic mass is 16.1. The molecule has 0 amide bonds. The lowest BCUT2D eigenvalue weighted by molar-refractivity contribution is -0.694. The molecule has 0 saturated carbocycles. The Morgan fingerprint density at radius 1 is 1.12 bits per heavy atom. The fourth-order valence-corrected chi connectivity index (χ4v) is 3.25. The quantitative estimate of drug-likeness (QED) is 0.693. The molecule has 4 heteroatoms. The minimum atomic E-state index is 0.00425. The minimum absolute atomic E-state index is 0.00425. The van der Waals surface area contributed by atoms with Gasteiger partial charge in [-0.1, -0.05) is 31.5 Å². The molecule has 0 aliphatic carbocycles. The Bertz CT molecular complexity index is 975. The van der Waals surface area contributed by atoms with E-state index in [-0.39, 0.29) is 11.6 Å². The molecule has 3 aromatic rings. The Balaban J connectivity index is 2.20. The van der Waals surface area contributed by atoms with Gasteiger partial charge in [0.25, 0.3) is 5.56 Å². The summed E-state index contributed by atoms with van der Waals surface area (Å²) in [5.41, 5.74) is 4.06. The standard InChI is InChI=1S/C22H27N3O/c1-5-6-13-23-17(4)21-24-20-10-8-7-9-19(20)22(26)25(21)18-12-11-15(2)16(3)14-18/h7-12,14,17,23H,5-6,13H2,1-4H3/p+1/t17-/m0/s1. The monoisotopic (exact) mass is 350 g/mol. The Hall–Kier alpha value is -2.46. The van der Waals surface area contributed by atoms with E-state index >= 15 is 0 Å². The van der Waals surface area contributed by atoms with Crippen molar-refractivity contribution in [1.29, 1.82) is 0 Å². The number of aromatic nitrogens is 2. The van der Waals surface area contributed by atoms with Crippen LogP contribution in [-0.2, 0) is 0 Å². The number of hydrogen-bond donors (Lipinski definition) is 1. The van der Waals surface area contributed by atoms with Crippen LogP contribution in [0.5, 0.6) is 0 Å². The third-order valence-electron chi connectivity index (χ3n) is 5.04. The topological polar surface area (TPSA) is 51.5 Å². The van der Waals surface area contributed by atoms with Gasteiger partial charge in [-0.3, -0.25) is 9.36 Å². The fourth-order valence-electron chi connectivity index (χ4n) is 3.25. The number of quaternary nitrogens is 1. The molecule has 2 aromatic carbocycles. The van der Waals surface area contributed by atoms with Crippen molar-refractivity contribution in [3.63, 3.8) is 0 Å². The van der Waals surface area contributed by atoms with Gasteiger partial charge in [0.05, 0.1) is 23.1 Å². The summed E-state index contributed by atoms with van der Waals surface area (Å²) >= 11 is 0. The first kappa shape index (κ1) is 18.3. The summed E-state index contributed by atoms with van der Waals surface area (Å²) in [5, 5.41) is 2.94. The first-order valence-electron chi connectivity index (χ1n) is 9.45. The molecule has 0 unspecified atom stereocenters. The van der Waals surface area contributed by atoms with Gasteiger partial charge in [-0.15, -0.1) is 0 Å². The van der Waals surface area contributed by atoms with Gasteiger partial charge in [0.2, 0.25) is 0 Å². The van der Waals surface area contributed by atoms with Crippen molar-refractivity contribution in [2.75, 3.05) is 6.54 Å². The highest BCUT2D eigenvalue weighted by Gasteiger charge is 2.20. The average Bonchev–Trinajstić information content (AvgIpc) is 2.64. The number of hydrogen-bond acceptors (Lipinski definition) is 2. The molecule has 0 aliphatic rings. The van der Waals surface area contributed by atoms with Crippen molar-refractivity contribution in [1.82, 2.24) is 9.55 Å². The summed E-state index contributed by atoms with van der Waals surface area (Å²) in [6.07, 6.45) is 2.32. The van der Waals surface area contributed by atoms with E-state index in [1.54, 1.807) is 4.57 Å². The molecule has 2 N–H and O–H groups in total. The number of unbranched alkanes of at least 4 members (excludes halogenated alkanes) is 1. The van der Waals surface area contributed by atoms with Crippen LogP contribution in [0.2, 0.25) is 0 Å². The maximum atomic E-state index is 13.3. The smallest absolute Gasteiger partial charge is 0.266 e. The summed E-state index contributed by atoms with van der Waals surface area (Å²) < 4.78 is 1.79. The summed E-state index contributed by atoms with van der Waals surface area (Å²) in [5.74, 6) is 0.813. The van der Waals surface area contributed by atoms with E-state index in [1.165, 1.54) is 17.5 Å². The van der Waals surface area contributed by atoms with Crippen molar-refractivity contribution in [3.05, 3.63) is 69.8 Å². The van der Waals surface area contributed by atoms with Crippen LogP contribution < -0.4 is 10.9 Å². The van der Waals surface area contributed by atoms with Crippen LogP contribution in [0.3, 0.4) is 0 Å². The van der Waals surface area contributed by atoms with Crippen LogP contribution in [0.15, 0.2) is 47.3 Å². The van der Waals surface area contributed by atoms with E-state index in [4.69, 9.17) is 4.98 Å². The number of benzene rings is 2. The lowest BCUT2D eigenvalue weighted by Gasteiger charge is -2.18. The van der Waals surface area contributed by atoms with Gasteiger partial charge in [-0.25, -0.2) is 4.98 Å². The number of nitrogens with zero attached hydrogens (tertiary/aromatic N) is 2. The molecule has 1 aromatic heterocycles. The average molecular weight is 350 g/mol. The summed E-state index contributed by atoms with van der Waals surface area (Å²) in [7, 11) is 0. The minimum Gasteiger partial charge on any atom is -0.338 e. The zero-order chi connectivity index (χ0) is 18.7. The second-order valence-corrected chi connectivity index (χ2v) is 7.06. The Morgan fingerprint density at radius 3 is 2.62 bits per heavy atom. The number of fused-ring (bicyclic) bond motifs is 1. The number of nitrogens with two attached hydrogens (primary N) is 1. The zero-order valence-electron chi connectivity index (χ0n) is 16.1. The van der Waals surface area contributed by atoms with Crippen LogP contribution in [-0.4, -0.2) is 16.1 Å². The molecule has 136 valence electrons. The molecule has 3 rings (SSSR count). The maximum Gasteiger partial charge on any atom is 0.266 e. The summed E-state index contributed by atoms with van der Waals surface area (Å²) in [6.45, 7) is 9.52. The van der Waals surface area contributed by atoms with Crippen LogP contribution in [0.1, 0.15) is 49.7 Å². The molecule has 0 fully saturated rings. The van der Waals surface area contributed by atoms with Crippen molar-refractivity contribution in [2.24, 2.45) is 0 Å². The van der Waals surface area contributed by atoms with Gasteiger partial charge in [0, 0.05) is 0 Å².